The minimum Gasteiger partial charge on any atom is -0.323 e. The maximum Gasteiger partial charge on any atom is 0.101 e. The average molecular weight is 145 g/mol. The Morgan fingerprint density at radius 3 is 2.89 bits per heavy atom. The van der Waals surface area contributed by atoms with Crippen LogP contribution in [0.4, 0.5) is 4.39 Å². The average Bonchev–Trinajstić information content (AvgIpc) is 1.80. The van der Waals surface area contributed by atoms with Crippen molar-refractivity contribution < 1.29 is 4.39 Å². The third kappa shape index (κ3) is 1.56. The summed E-state index contributed by atoms with van der Waals surface area (Å²) in [6.45, 7) is 0. The topological polar surface area (TPSA) is 26.0 Å². The van der Waals surface area contributed by atoms with E-state index in [1.54, 1.807) is 0 Å². The van der Waals surface area contributed by atoms with Crippen LogP contribution in [0.2, 0.25) is 0 Å². The summed E-state index contributed by atoms with van der Waals surface area (Å²) in [6, 6.07) is -0.0977. The molecule has 0 heterocycles. The Balaban J connectivity index is 2.70. The molecule has 2 N–H and O–H groups in total. The van der Waals surface area contributed by atoms with Crippen LogP contribution < -0.4 is 5.73 Å². The molecule has 1 rings (SSSR count). The second-order valence-electron chi connectivity index (χ2n) is 2.14. The van der Waals surface area contributed by atoms with Gasteiger partial charge in [-0.15, -0.1) is 0 Å². The summed E-state index contributed by atoms with van der Waals surface area (Å²) in [4.78, 5) is 0.541. The maximum atomic E-state index is 12.3. The molecule has 1 nitrogen and oxygen atoms in total. The number of nitrogens with two attached hydrogens (primary N) is 1. The summed E-state index contributed by atoms with van der Waals surface area (Å²) in [7, 11) is 0. The number of hydrogen-bond acceptors (Lipinski definition) is 2. The van der Waals surface area contributed by atoms with E-state index in [-0.39, 0.29) is 11.9 Å². The van der Waals surface area contributed by atoms with Gasteiger partial charge in [0.1, 0.15) is 5.83 Å². The first kappa shape index (κ1) is 6.83. The lowest BCUT2D eigenvalue weighted by Gasteiger charge is -2.13. The third-order valence-corrected chi connectivity index (χ3v) is 1.78. The van der Waals surface area contributed by atoms with Gasteiger partial charge in [0.15, 0.2) is 0 Å². The largest absolute Gasteiger partial charge is 0.323 e. The van der Waals surface area contributed by atoms with E-state index in [1.807, 2.05) is 0 Å². The van der Waals surface area contributed by atoms with E-state index in [1.165, 1.54) is 6.08 Å². The van der Waals surface area contributed by atoms with Gasteiger partial charge >= 0.3 is 0 Å². The highest BCUT2D eigenvalue weighted by Crippen LogP contribution is 2.15. The molecule has 1 aliphatic rings. The van der Waals surface area contributed by atoms with Crippen LogP contribution in [0.3, 0.4) is 0 Å². The van der Waals surface area contributed by atoms with Crippen molar-refractivity contribution in [1.82, 2.24) is 0 Å². The molecule has 1 unspecified atom stereocenters. The minimum absolute atomic E-state index is 0.0977. The predicted octanol–water partition coefficient (Wildman–Crippen LogP) is 1.33. The molecule has 0 saturated carbocycles. The van der Waals surface area contributed by atoms with E-state index in [4.69, 9.17) is 18.0 Å². The Labute approximate surface area is 58.7 Å². The highest BCUT2D eigenvalue weighted by molar-refractivity contribution is 7.80. The fourth-order valence-electron chi connectivity index (χ4n) is 0.769. The summed E-state index contributed by atoms with van der Waals surface area (Å²) < 4.78 is 12.3. The number of thiocarbonyl (C=S) groups is 1. The Bertz CT molecular complexity index is 164. The highest BCUT2D eigenvalue weighted by Gasteiger charge is 2.14. The normalized spacial score (nSPS) is 28.0. The quantitative estimate of drug-likeness (QED) is 0.520. The van der Waals surface area contributed by atoms with Crippen LogP contribution in [0.5, 0.6) is 0 Å². The first-order valence-corrected chi connectivity index (χ1v) is 3.26. The maximum absolute atomic E-state index is 12.3. The Hall–Kier alpha value is -0.280. The number of rotatable bonds is 0. The van der Waals surface area contributed by atoms with Gasteiger partial charge in [0.05, 0.1) is 0 Å². The van der Waals surface area contributed by atoms with Crippen LogP contribution >= 0.6 is 12.2 Å². The second kappa shape index (κ2) is 2.54. The van der Waals surface area contributed by atoms with Gasteiger partial charge in [-0.25, -0.2) is 4.39 Å². The fraction of sp³-hybridized carbons (Fsp3) is 0.500. The van der Waals surface area contributed by atoms with Crippen molar-refractivity contribution in [2.75, 3.05) is 0 Å². The van der Waals surface area contributed by atoms with E-state index >= 15 is 0 Å². The van der Waals surface area contributed by atoms with Gasteiger partial charge in [-0.3, -0.25) is 0 Å². The molecule has 0 bridgehead atoms. The molecule has 3 heteroatoms. The van der Waals surface area contributed by atoms with Crippen molar-refractivity contribution in [3.05, 3.63) is 11.9 Å². The fourth-order valence-corrected chi connectivity index (χ4v) is 1.01. The van der Waals surface area contributed by atoms with Crippen LogP contribution in [-0.4, -0.2) is 10.9 Å². The van der Waals surface area contributed by atoms with Gasteiger partial charge in [-0.05, 0) is 12.5 Å². The van der Waals surface area contributed by atoms with Crippen LogP contribution in [0, 0.1) is 0 Å². The monoisotopic (exact) mass is 145 g/mol. The molecule has 9 heavy (non-hydrogen) atoms. The predicted molar refractivity (Wildman–Crippen MR) is 39.0 cm³/mol. The van der Waals surface area contributed by atoms with E-state index in [2.05, 4.69) is 0 Å². The molecule has 0 aromatic rings. The lowest BCUT2D eigenvalue weighted by molar-refractivity contribution is 0.556. The summed E-state index contributed by atoms with van der Waals surface area (Å²) >= 11 is 4.76. The van der Waals surface area contributed by atoms with Gasteiger partial charge in [0.2, 0.25) is 0 Å². The second-order valence-corrected chi connectivity index (χ2v) is 2.61. The number of halogens is 1. The lowest BCUT2D eigenvalue weighted by Crippen LogP contribution is -2.30. The van der Waals surface area contributed by atoms with Gasteiger partial charge in [-0.2, -0.15) is 0 Å². The molecular formula is C6H8FNS. The molecule has 0 radical (unpaired) electrons. The van der Waals surface area contributed by atoms with Gasteiger partial charge in [0, 0.05) is 17.3 Å². The molecule has 0 amide bonds. The van der Waals surface area contributed by atoms with Crippen molar-refractivity contribution in [2.45, 2.75) is 18.9 Å². The molecular weight excluding hydrogens is 137 g/mol. The van der Waals surface area contributed by atoms with E-state index in [0.29, 0.717) is 17.7 Å². The Morgan fingerprint density at radius 1 is 1.78 bits per heavy atom. The molecule has 0 aliphatic heterocycles. The van der Waals surface area contributed by atoms with Crippen LogP contribution in [0.1, 0.15) is 12.8 Å². The molecule has 0 aromatic carbocycles. The van der Waals surface area contributed by atoms with Crippen molar-refractivity contribution in [1.29, 1.82) is 0 Å². The third-order valence-electron chi connectivity index (χ3n) is 1.36. The first-order chi connectivity index (χ1) is 4.20. The smallest absolute Gasteiger partial charge is 0.101 e. The Kier molecular flexibility index (Phi) is 1.93. The van der Waals surface area contributed by atoms with Crippen molar-refractivity contribution in [2.24, 2.45) is 5.73 Å². The van der Waals surface area contributed by atoms with Crippen molar-refractivity contribution in [3.8, 4) is 0 Å². The minimum atomic E-state index is -0.137. The van der Waals surface area contributed by atoms with Crippen molar-refractivity contribution >= 4 is 17.1 Å². The summed E-state index contributed by atoms with van der Waals surface area (Å²) in [6.07, 6.45) is 2.45. The van der Waals surface area contributed by atoms with Crippen molar-refractivity contribution in [3.63, 3.8) is 0 Å². The SMILES string of the molecule is NC1CCC(F)=CC1=S. The molecule has 0 aromatic heterocycles. The standard InChI is InChI=1S/C6H8FNS/c7-4-1-2-5(8)6(9)3-4/h3,5H,1-2,8H2. The van der Waals surface area contributed by atoms with Crippen LogP contribution in [-0.2, 0) is 0 Å². The van der Waals surface area contributed by atoms with Gasteiger partial charge in [-0.1, -0.05) is 12.2 Å². The van der Waals surface area contributed by atoms with E-state index < -0.39 is 0 Å². The summed E-state index contributed by atoms with van der Waals surface area (Å²) in [5.74, 6) is -0.137. The molecule has 0 spiro atoms. The first-order valence-electron chi connectivity index (χ1n) is 2.85. The zero-order valence-electron chi connectivity index (χ0n) is 4.93. The number of hydrogen-bond donors (Lipinski definition) is 1. The van der Waals surface area contributed by atoms with Crippen LogP contribution in [0.25, 0.3) is 0 Å². The van der Waals surface area contributed by atoms with E-state index in [0.717, 1.165) is 0 Å². The molecule has 50 valence electrons. The zero-order chi connectivity index (χ0) is 6.85. The molecule has 0 saturated heterocycles. The molecule has 0 fully saturated rings. The van der Waals surface area contributed by atoms with E-state index in [9.17, 15) is 4.39 Å². The Morgan fingerprint density at radius 2 is 2.44 bits per heavy atom. The summed E-state index contributed by atoms with van der Waals surface area (Å²) in [5, 5.41) is 0. The highest BCUT2D eigenvalue weighted by atomic mass is 32.1. The molecule has 1 aliphatic carbocycles. The van der Waals surface area contributed by atoms with Crippen LogP contribution in [0.15, 0.2) is 11.9 Å². The number of allylic oxidation sites excluding steroid dienone is 1. The zero-order valence-corrected chi connectivity index (χ0v) is 5.75. The summed E-state index contributed by atoms with van der Waals surface area (Å²) in [5.41, 5.74) is 5.49. The lowest BCUT2D eigenvalue weighted by atomic mass is 10.0. The van der Waals surface area contributed by atoms with Gasteiger partial charge < -0.3 is 5.73 Å². The van der Waals surface area contributed by atoms with Gasteiger partial charge in [0.25, 0.3) is 0 Å². The molecule has 1 atom stereocenters.